The van der Waals surface area contributed by atoms with Crippen LogP contribution in [0.2, 0.25) is 0 Å². The Morgan fingerprint density at radius 3 is 2.41 bits per heavy atom. The number of nitrogens with one attached hydrogen (secondary N) is 1. The van der Waals surface area contributed by atoms with E-state index in [-0.39, 0.29) is 0 Å². The first-order chi connectivity index (χ1) is 8.38. The molecule has 0 saturated carbocycles. The molecule has 0 amide bonds. The lowest BCUT2D eigenvalue weighted by atomic mass is 10.1. The van der Waals surface area contributed by atoms with E-state index in [0.29, 0.717) is 0 Å². The summed E-state index contributed by atoms with van der Waals surface area (Å²) in [6.45, 7) is 4.55. The van der Waals surface area contributed by atoms with Gasteiger partial charge in [-0.25, -0.2) is 0 Å². The van der Waals surface area contributed by atoms with Crippen LogP contribution in [0.25, 0.3) is 0 Å². The van der Waals surface area contributed by atoms with E-state index >= 15 is 0 Å². The van der Waals surface area contributed by atoms with Crippen molar-refractivity contribution in [3.8, 4) is 0 Å². The fourth-order valence-corrected chi connectivity index (χ4v) is 2.27. The monoisotopic (exact) mass is 234 g/mol. The predicted octanol–water partition coefficient (Wildman–Crippen LogP) is 1.98. The molecule has 2 rings (SSSR count). The number of likely N-dealkylation sites (tertiary alicyclic amines) is 1. The highest BCUT2D eigenvalue weighted by molar-refractivity contribution is 5.22. The second-order valence-corrected chi connectivity index (χ2v) is 4.64. The molecule has 1 N–H and O–H groups in total. The Bertz CT molecular complexity index is 317. The Balaban J connectivity index is 1.76. The summed E-state index contributed by atoms with van der Waals surface area (Å²) in [7, 11) is 1.64. The molecule has 0 bridgehead atoms. The summed E-state index contributed by atoms with van der Waals surface area (Å²) in [5.41, 5.74) is 5.54. The van der Waals surface area contributed by atoms with E-state index in [1.54, 1.807) is 7.11 Å². The van der Waals surface area contributed by atoms with Gasteiger partial charge >= 0.3 is 0 Å². The molecule has 0 atom stereocenters. The van der Waals surface area contributed by atoms with E-state index < -0.39 is 0 Å². The summed E-state index contributed by atoms with van der Waals surface area (Å²) < 4.78 is 0. The largest absolute Gasteiger partial charge is 0.305 e. The lowest BCUT2D eigenvalue weighted by Gasteiger charge is -2.14. The third-order valence-corrected chi connectivity index (χ3v) is 3.36. The van der Waals surface area contributed by atoms with Gasteiger partial charge in [-0.2, -0.15) is 5.48 Å². The van der Waals surface area contributed by atoms with Crippen LogP contribution in [0.4, 0.5) is 0 Å². The van der Waals surface area contributed by atoms with Gasteiger partial charge in [-0.05, 0) is 43.5 Å². The van der Waals surface area contributed by atoms with Gasteiger partial charge in [0.05, 0.1) is 7.11 Å². The number of rotatable bonds is 6. The SMILES string of the molecule is CONCc1ccc(CCN2CCCC2)cc1. The Labute approximate surface area is 104 Å². The number of hydrogen-bond donors (Lipinski definition) is 1. The van der Waals surface area contributed by atoms with Crippen molar-refractivity contribution in [2.24, 2.45) is 0 Å². The van der Waals surface area contributed by atoms with E-state index in [9.17, 15) is 0 Å². The molecule has 0 aliphatic carbocycles. The standard InChI is InChI=1S/C14H22N2O/c1-17-15-12-14-6-4-13(5-7-14)8-11-16-9-2-3-10-16/h4-7,15H,2-3,8-12H2,1H3. The van der Waals surface area contributed by atoms with Crippen LogP contribution in [0.5, 0.6) is 0 Å². The van der Waals surface area contributed by atoms with Gasteiger partial charge in [0.1, 0.15) is 0 Å². The zero-order chi connectivity index (χ0) is 11.9. The molecule has 17 heavy (non-hydrogen) atoms. The number of benzene rings is 1. The average Bonchev–Trinajstić information content (AvgIpc) is 2.88. The summed E-state index contributed by atoms with van der Waals surface area (Å²) in [6, 6.07) is 8.79. The summed E-state index contributed by atoms with van der Waals surface area (Å²) in [5.74, 6) is 0. The molecular formula is C14H22N2O. The Morgan fingerprint density at radius 1 is 1.12 bits per heavy atom. The highest BCUT2D eigenvalue weighted by Gasteiger charge is 2.10. The van der Waals surface area contributed by atoms with Crippen molar-refractivity contribution in [3.05, 3.63) is 35.4 Å². The molecule has 94 valence electrons. The van der Waals surface area contributed by atoms with Gasteiger partial charge in [0.2, 0.25) is 0 Å². The highest BCUT2D eigenvalue weighted by Crippen LogP contribution is 2.10. The Hall–Kier alpha value is -0.900. The molecule has 3 nitrogen and oxygen atoms in total. The normalized spacial score (nSPS) is 16.5. The zero-order valence-corrected chi connectivity index (χ0v) is 10.6. The molecule has 0 unspecified atom stereocenters. The molecular weight excluding hydrogens is 212 g/mol. The smallest absolute Gasteiger partial charge is 0.0572 e. The maximum Gasteiger partial charge on any atom is 0.0572 e. The second-order valence-electron chi connectivity index (χ2n) is 4.64. The summed E-state index contributed by atoms with van der Waals surface area (Å²) in [4.78, 5) is 7.39. The van der Waals surface area contributed by atoms with Crippen molar-refractivity contribution in [2.45, 2.75) is 25.8 Å². The molecule has 1 aromatic carbocycles. The van der Waals surface area contributed by atoms with Crippen LogP contribution in [0, 0.1) is 0 Å². The number of hydroxylamine groups is 1. The Morgan fingerprint density at radius 2 is 1.76 bits per heavy atom. The Kier molecular flexibility index (Phi) is 4.98. The quantitative estimate of drug-likeness (QED) is 0.762. The highest BCUT2D eigenvalue weighted by atomic mass is 16.6. The van der Waals surface area contributed by atoms with Gasteiger partial charge in [0.25, 0.3) is 0 Å². The van der Waals surface area contributed by atoms with Gasteiger partial charge in [0, 0.05) is 13.1 Å². The molecule has 1 fully saturated rings. The second kappa shape index (κ2) is 6.74. The maximum atomic E-state index is 4.83. The number of nitrogens with zero attached hydrogens (tertiary/aromatic N) is 1. The lowest BCUT2D eigenvalue weighted by molar-refractivity contribution is 0.0867. The van der Waals surface area contributed by atoms with Crippen molar-refractivity contribution < 1.29 is 4.84 Å². The molecule has 3 heteroatoms. The van der Waals surface area contributed by atoms with Crippen LogP contribution in [-0.4, -0.2) is 31.6 Å². The van der Waals surface area contributed by atoms with E-state index in [1.807, 2.05) is 0 Å². The fraction of sp³-hybridized carbons (Fsp3) is 0.571. The first kappa shape index (κ1) is 12.6. The predicted molar refractivity (Wildman–Crippen MR) is 69.7 cm³/mol. The van der Waals surface area contributed by atoms with E-state index in [0.717, 1.165) is 13.0 Å². The molecule has 0 radical (unpaired) electrons. The summed E-state index contributed by atoms with van der Waals surface area (Å²) >= 11 is 0. The minimum absolute atomic E-state index is 0.767. The van der Waals surface area contributed by atoms with E-state index in [1.165, 1.54) is 43.6 Å². The lowest BCUT2D eigenvalue weighted by Crippen LogP contribution is -2.21. The molecule has 1 aliphatic heterocycles. The van der Waals surface area contributed by atoms with Crippen molar-refractivity contribution in [2.75, 3.05) is 26.7 Å². The van der Waals surface area contributed by atoms with Crippen LogP contribution < -0.4 is 5.48 Å². The van der Waals surface area contributed by atoms with E-state index in [2.05, 4.69) is 34.6 Å². The number of hydrogen-bond acceptors (Lipinski definition) is 3. The molecule has 1 heterocycles. The average molecular weight is 234 g/mol. The topological polar surface area (TPSA) is 24.5 Å². The van der Waals surface area contributed by atoms with Gasteiger partial charge < -0.3 is 9.74 Å². The van der Waals surface area contributed by atoms with Gasteiger partial charge in [0.15, 0.2) is 0 Å². The van der Waals surface area contributed by atoms with Gasteiger partial charge in [-0.1, -0.05) is 24.3 Å². The molecule has 1 aromatic rings. The first-order valence-corrected chi connectivity index (χ1v) is 6.44. The minimum atomic E-state index is 0.767. The molecule has 1 aliphatic rings. The third-order valence-electron chi connectivity index (χ3n) is 3.36. The van der Waals surface area contributed by atoms with Crippen LogP contribution >= 0.6 is 0 Å². The zero-order valence-electron chi connectivity index (χ0n) is 10.6. The van der Waals surface area contributed by atoms with Crippen molar-refractivity contribution in [1.82, 2.24) is 10.4 Å². The fourth-order valence-electron chi connectivity index (χ4n) is 2.27. The van der Waals surface area contributed by atoms with Crippen molar-refractivity contribution in [1.29, 1.82) is 0 Å². The first-order valence-electron chi connectivity index (χ1n) is 6.44. The van der Waals surface area contributed by atoms with Crippen molar-refractivity contribution in [3.63, 3.8) is 0 Å². The minimum Gasteiger partial charge on any atom is -0.305 e. The summed E-state index contributed by atoms with van der Waals surface area (Å²) in [6.07, 6.45) is 3.92. The molecule has 1 saturated heterocycles. The van der Waals surface area contributed by atoms with Crippen LogP contribution in [0.15, 0.2) is 24.3 Å². The van der Waals surface area contributed by atoms with Gasteiger partial charge in [-0.3, -0.25) is 0 Å². The van der Waals surface area contributed by atoms with Crippen molar-refractivity contribution >= 4 is 0 Å². The molecule has 0 spiro atoms. The van der Waals surface area contributed by atoms with Gasteiger partial charge in [-0.15, -0.1) is 0 Å². The third kappa shape index (κ3) is 4.11. The molecule has 0 aromatic heterocycles. The summed E-state index contributed by atoms with van der Waals surface area (Å²) in [5, 5.41) is 0. The van der Waals surface area contributed by atoms with Crippen LogP contribution in [-0.2, 0) is 17.8 Å². The maximum absolute atomic E-state index is 4.83. The van der Waals surface area contributed by atoms with Crippen LogP contribution in [0.1, 0.15) is 24.0 Å². The van der Waals surface area contributed by atoms with Crippen LogP contribution in [0.3, 0.4) is 0 Å². The van der Waals surface area contributed by atoms with E-state index in [4.69, 9.17) is 4.84 Å².